The number of carbonyl (C=O) groups excluding carboxylic acids is 1. The molecule has 7 heteroatoms. The van der Waals surface area contributed by atoms with Gasteiger partial charge < -0.3 is 10.0 Å². The molecule has 1 amide bonds. The third-order valence-electron chi connectivity index (χ3n) is 2.82. The first-order chi connectivity index (χ1) is 9.26. The molecule has 1 aromatic rings. The zero-order chi connectivity index (χ0) is 15.3. The Morgan fingerprint density at radius 2 is 1.75 bits per heavy atom. The Morgan fingerprint density at radius 3 is 2.20 bits per heavy atom. The maximum atomic E-state index is 11.7. The standard InChI is InChI=1S/C13H17NO5S/c1-3-20(18,19)11-6-4-10(5-7-11)8-12(15)14(2)9-13(16)17/h4-7H,3,8-9H2,1-2H3,(H,16,17). The molecule has 0 spiro atoms. The van der Waals surface area contributed by atoms with Gasteiger partial charge in [-0.25, -0.2) is 8.42 Å². The molecule has 0 saturated carbocycles. The number of carboxylic acid groups (broad SMARTS) is 1. The van der Waals surface area contributed by atoms with Gasteiger partial charge in [0.05, 0.1) is 17.1 Å². The molecule has 0 aliphatic carbocycles. The number of rotatable bonds is 6. The fraction of sp³-hybridized carbons (Fsp3) is 0.385. The van der Waals surface area contributed by atoms with Gasteiger partial charge in [-0.3, -0.25) is 9.59 Å². The van der Waals surface area contributed by atoms with Crippen molar-refractivity contribution in [3.8, 4) is 0 Å². The molecular formula is C13H17NO5S. The van der Waals surface area contributed by atoms with Crippen molar-refractivity contribution in [3.63, 3.8) is 0 Å². The van der Waals surface area contributed by atoms with Crippen LogP contribution >= 0.6 is 0 Å². The Labute approximate surface area is 117 Å². The van der Waals surface area contributed by atoms with Crippen LogP contribution in [-0.4, -0.2) is 49.6 Å². The fourth-order valence-corrected chi connectivity index (χ4v) is 2.47. The van der Waals surface area contributed by atoms with Crippen LogP contribution in [0.2, 0.25) is 0 Å². The average Bonchev–Trinajstić information content (AvgIpc) is 2.38. The number of amides is 1. The largest absolute Gasteiger partial charge is 0.480 e. The van der Waals surface area contributed by atoms with Crippen LogP contribution in [0.3, 0.4) is 0 Å². The first-order valence-electron chi connectivity index (χ1n) is 6.03. The molecule has 0 saturated heterocycles. The van der Waals surface area contributed by atoms with Crippen molar-refractivity contribution in [3.05, 3.63) is 29.8 Å². The minimum atomic E-state index is -3.25. The lowest BCUT2D eigenvalue weighted by atomic mass is 10.1. The van der Waals surface area contributed by atoms with Crippen molar-refractivity contribution in [2.75, 3.05) is 19.3 Å². The molecule has 110 valence electrons. The number of hydrogen-bond acceptors (Lipinski definition) is 4. The van der Waals surface area contributed by atoms with Gasteiger partial charge in [0.2, 0.25) is 5.91 Å². The van der Waals surface area contributed by atoms with Crippen molar-refractivity contribution in [2.45, 2.75) is 18.2 Å². The van der Waals surface area contributed by atoms with Crippen molar-refractivity contribution in [1.29, 1.82) is 0 Å². The van der Waals surface area contributed by atoms with Gasteiger partial charge in [0.15, 0.2) is 9.84 Å². The zero-order valence-electron chi connectivity index (χ0n) is 11.4. The highest BCUT2D eigenvalue weighted by Gasteiger charge is 2.14. The van der Waals surface area contributed by atoms with E-state index in [0.717, 1.165) is 4.90 Å². The second-order valence-corrected chi connectivity index (χ2v) is 6.65. The van der Waals surface area contributed by atoms with Gasteiger partial charge in [-0.05, 0) is 17.7 Å². The first kappa shape index (κ1) is 16.2. The average molecular weight is 299 g/mol. The number of carboxylic acids is 1. The molecule has 0 aliphatic rings. The maximum absolute atomic E-state index is 11.7. The Bertz CT molecular complexity index is 592. The van der Waals surface area contributed by atoms with Crippen LogP contribution in [0.15, 0.2) is 29.2 Å². The number of nitrogens with zero attached hydrogens (tertiary/aromatic N) is 1. The lowest BCUT2D eigenvalue weighted by Gasteiger charge is -2.14. The van der Waals surface area contributed by atoms with Crippen molar-refractivity contribution < 1.29 is 23.1 Å². The zero-order valence-corrected chi connectivity index (χ0v) is 12.2. The SMILES string of the molecule is CCS(=O)(=O)c1ccc(CC(=O)N(C)CC(=O)O)cc1. The number of likely N-dealkylation sites (N-methyl/N-ethyl adjacent to an activating group) is 1. The number of aliphatic carboxylic acids is 1. The van der Waals surface area contributed by atoms with E-state index in [4.69, 9.17) is 5.11 Å². The minimum Gasteiger partial charge on any atom is -0.480 e. The lowest BCUT2D eigenvalue weighted by Crippen LogP contribution is -2.33. The molecular weight excluding hydrogens is 282 g/mol. The first-order valence-corrected chi connectivity index (χ1v) is 7.69. The second-order valence-electron chi connectivity index (χ2n) is 4.37. The number of benzene rings is 1. The van der Waals surface area contributed by atoms with Gasteiger partial charge in [0.1, 0.15) is 6.54 Å². The smallest absolute Gasteiger partial charge is 0.323 e. The highest BCUT2D eigenvalue weighted by atomic mass is 32.2. The van der Waals surface area contributed by atoms with Crippen LogP contribution in [0.25, 0.3) is 0 Å². The van der Waals surface area contributed by atoms with Gasteiger partial charge >= 0.3 is 5.97 Å². The summed E-state index contributed by atoms with van der Waals surface area (Å²) in [5.41, 5.74) is 0.641. The second kappa shape index (κ2) is 6.51. The van der Waals surface area contributed by atoms with E-state index < -0.39 is 15.8 Å². The molecule has 0 aliphatic heterocycles. The van der Waals surface area contributed by atoms with Gasteiger partial charge in [0, 0.05) is 7.05 Å². The van der Waals surface area contributed by atoms with Gasteiger partial charge in [-0.1, -0.05) is 19.1 Å². The van der Waals surface area contributed by atoms with E-state index in [2.05, 4.69) is 0 Å². The topological polar surface area (TPSA) is 91.8 Å². The van der Waals surface area contributed by atoms with Crippen LogP contribution in [0.5, 0.6) is 0 Å². The molecule has 1 rings (SSSR count). The number of carbonyl (C=O) groups is 2. The molecule has 0 bridgehead atoms. The Hall–Kier alpha value is -1.89. The van der Waals surface area contributed by atoms with Crippen LogP contribution < -0.4 is 0 Å². The molecule has 1 aromatic carbocycles. The predicted octanol–water partition coefficient (Wildman–Crippen LogP) is 0.566. The summed E-state index contributed by atoms with van der Waals surface area (Å²) in [6.07, 6.45) is 0.0379. The normalized spacial score (nSPS) is 11.1. The highest BCUT2D eigenvalue weighted by molar-refractivity contribution is 7.91. The summed E-state index contributed by atoms with van der Waals surface area (Å²) in [6.45, 7) is 1.20. The summed E-state index contributed by atoms with van der Waals surface area (Å²) in [7, 11) is -1.84. The van der Waals surface area contributed by atoms with E-state index in [1.54, 1.807) is 19.1 Å². The van der Waals surface area contributed by atoms with Gasteiger partial charge in [-0.2, -0.15) is 0 Å². The van der Waals surface area contributed by atoms with Crippen molar-refractivity contribution >= 4 is 21.7 Å². The summed E-state index contributed by atoms with van der Waals surface area (Å²) in [6, 6.07) is 6.04. The third kappa shape index (κ3) is 4.34. The summed E-state index contributed by atoms with van der Waals surface area (Å²) in [5.74, 6) is -1.39. The van der Waals surface area contributed by atoms with E-state index in [1.807, 2.05) is 0 Å². The molecule has 0 atom stereocenters. The van der Waals surface area contributed by atoms with E-state index in [0.29, 0.717) is 5.56 Å². The van der Waals surface area contributed by atoms with E-state index in [-0.39, 0.29) is 29.5 Å². The van der Waals surface area contributed by atoms with Crippen molar-refractivity contribution in [1.82, 2.24) is 4.90 Å². The van der Waals surface area contributed by atoms with Gasteiger partial charge in [-0.15, -0.1) is 0 Å². The molecule has 1 N–H and O–H groups in total. The molecule has 0 aromatic heterocycles. The van der Waals surface area contributed by atoms with Crippen LogP contribution in [0.1, 0.15) is 12.5 Å². The van der Waals surface area contributed by atoms with Crippen LogP contribution in [0.4, 0.5) is 0 Å². The Kier molecular flexibility index (Phi) is 5.26. The molecule has 0 heterocycles. The quantitative estimate of drug-likeness (QED) is 0.829. The highest BCUT2D eigenvalue weighted by Crippen LogP contribution is 2.13. The molecule has 0 fully saturated rings. The van der Waals surface area contributed by atoms with E-state index in [1.165, 1.54) is 19.2 Å². The fourth-order valence-electron chi connectivity index (χ4n) is 1.58. The number of hydrogen-bond donors (Lipinski definition) is 1. The minimum absolute atomic E-state index is 0.0205. The van der Waals surface area contributed by atoms with E-state index in [9.17, 15) is 18.0 Å². The monoisotopic (exact) mass is 299 g/mol. The molecule has 20 heavy (non-hydrogen) atoms. The van der Waals surface area contributed by atoms with Gasteiger partial charge in [0.25, 0.3) is 0 Å². The van der Waals surface area contributed by atoms with Crippen LogP contribution in [0, 0.1) is 0 Å². The predicted molar refractivity (Wildman–Crippen MR) is 73.1 cm³/mol. The van der Waals surface area contributed by atoms with E-state index >= 15 is 0 Å². The Morgan fingerprint density at radius 1 is 1.20 bits per heavy atom. The lowest BCUT2D eigenvalue weighted by molar-refractivity contribution is -0.143. The maximum Gasteiger partial charge on any atom is 0.323 e. The van der Waals surface area contributed by atoms with Crippen molar-refractivity contribution in [2.24, 2.45) is 0 Å². The summed E-state index contributed by atoms with van der Waals surface area (Å²) < 4.78 is 23.2. The Balaban J connectivity index is 2.76. The molecule has 6 nitrogen and oxygen atoms in total. The molecule has 0 radical (unpaired) electrons. The molecule has 0 unspecified atom stereocenters. The van der Waals surface area contributed by atoms with Crippen LogP contribution in [-0.2, 0) is 25.8 Å². The summed E-state index contributed by atoms with van der Waals surface area (Å²) in [5, 5.41) is 8.59. The number of sulfone groups is 1. The third-order valence-corrected chi connectivity index (χ3v) is 4.57. The summed E-state index contributed by atoms with van der Waals surface area (Å²) in [4.78, 5) is 23.6. The summed E-state index contributed by atoms with van der Waals surface area (Å²) >= 11 is 0.